The third kappa shape index (κ3) is 8.04. The Morgan fingerprint density at radius 3 is 2.40 bits per heavy atom. The maximum absolute atomic E-state index is 13.4. The molecule has 0 spiro atoms. The Labute approximate surface area is 282 Å². The number of piperazine rings is 1. The molecule has 1 unspecified atom stereocenters. The maximum Gasteiger partial charge on any atom is 0.411 e. The van der Waals surface area contributed by atoms with Crippen molar-refractivity contribution in [1.82, 2.24) is 24.4 Å². The van der Waals surface area contributed by atoms with Gasteiger partial charge in [-0.25, -0.2) is 9.99 Å². The van der Waals surface area contributed by atoms with Gasteiger partial charge in [-0.05, 0) is 61.3 Å². The second-order valence-electron chi connectivity index (χ2n) is 12.2. The third-order valence-corrected chi connectivity index (χ3v) is 9.85. The van der Waals surface area contributed by atoms with Crippen LogP contribution >= 0.6 is 23.2 Å². The summed E-state index contributed by atoms with van der Waals surface area (Å²) in [5.74, 6) is 0.605. The van der Waals surface area contributed by atoms with Crippen LogP contribution in [0.25, 0.3) is 11.0 Å². The van der Waals surface area contributed by atoms with Crippen LogP contribution in [0, 0.1) is 0 Å². The molecular weight excluding hydrogens is 652 g/mol. The topological polar surface area (TPSA) is 65.9 Å². The zero-order valence-corrected chi connectivity index (χ0v) is 27.4. The van der Waals surface area contributed by atoms with E-state index in [0.29, 0.717) is 34.6 Å². The molecule has 3 aromatic carbocycles. The van der Waals surface area contributed by atoms with Crippen molar-refractivity contribution in [3.8, 4) is 0 Å². The molecule has 0 aliphatic carbocycles. The molecular formula is C34H37Cl2F3N6O2. The number of hydrogen-bond acceptors (Lipinski definition) is 6. The number of amides is 1. The highest BCUT2D eigenvalue weighted by Crippen LogP contribution is 2.41. The highest BCUT2D eigenvalue weighted by Gasteiger charge is 2.42. The number of fused-ring (bicyclic) bond motifs is 1. The molecule has 6 rings (SSSR count). The predicted octanol–water partition coefficient (Wildman–Crippen LogP) is 6.74. The van der Waals surface area contributed by atoms with Crippen LogP contribution in [0.1, 0.15) is 28.8 Å². The number of para-hydroxylation sites is 2. The number of hydrazine groups is 1. The van der Waals surface area contributed by atoms with E-state index in [0.717, 1.165) is 62.2 Å². The van der Waals surface area contributed by atoms with Crippen LogP contribution in [-0.2, 0) is 16.7 Å². The molecule has 1 atom stereocenters. The number of likely N-dealkylation sites (tertiary alicyclic amines) is 1. The molecule has 250 valence electrons. The van der Waals surface area contributed by atoms with Gasteiger partial charge < -0.3 is 19.1 Å². The van der Waals surface area contributed by atoms with E-state index in [1.165, 1.54) is 0 Å². The van der Waals surface area contributed by atoms with Gasteiger partial charge in [0.25, 0.3) is 5.91 Å². The van der Waals surface area contributed by atoms with Crippen LogP contribution in [0.15, 0.2) is 72.8 Å². The Balaban J connectivity index is 1.09. The molecule has 13 heteroatoms. The molecule has 0 radical (unpaired) electrons. The molecule has 3 heterocycles. The van der Waals surface area contributed by atoms with Crippen molar-refractivity contribution >= 4 is 46.1 Å². The van der Waals surface area contributed by atoms with Gasteiger partial charge >= 0.3 is 6.18 Å². The minimum Gasteiger partial charge on any atom is -0.370 e. The largest absolute Gasteiger partial charge is 0.411 e. The SMILES string of the molecule is O=C(c1ccccc1)N1CCC(CCN2CCN(Nc3nc4ccccc4n3CCOCC(F)(F)F)CC2)(c2ccc(Cl)c(Cl)c2)C1. The summed E-state index contributed by atoms with van der Waals surface area (Å²) in [6, 6.07) is 22.7. The van der Waals surface area contributed by atoms with Gasteiger partial charge in [0.1, 0.15) is 6.61 Å². The second kappa shape index (κ2) is 14.4. The lowest BCUT2D eigenvalue weighted by molar-refractivity contribution is -0.174. The Kier molecular flexibility index (Phi) is 10.3. The van der Waals surface area contributed by atoms with Crippen molar-refractivity contribution in [2.24, 2.45) is 0 Å². The first-order valence-corrected chi connectivity index (χ1v) is 16.5. The van der Waals surface area contributed by atoms with Gasteiger partial charge in [0.05, 0.1) is 27.7 Å². The molecule has 0 saturated carbocycles. The predicted molar refractivity (Wildman–Crippen MR) is 178 cm³/mol. The summed E-state index contributed by atoms with van der Waals surface area (Å²) in [5, 5.41) is 3.11. The minimum absolute atomic E-state index is 0.0326. The van der Waals surface area contributed by atoms with E-state index in [1.54, 1.807) is 0 Å². The van der Waals surface area contributed by atoms with Crippen LogP contribution in [0.5, 0.6) is 0 Å². The number of aromatic nitrogens is 2. The summed E-state index contributed by atoms with van der Waals surface area (Å²) in [6.07, 6.45) is -2.69. The fourth-order valence-electron chi connectivity index (χ4n) is 6.55. The fraction of sp³-hybridized carbons (Fsp3) is 0.412. The number of nitrogens with zero attached hydrogens (tertiary/aromatic N) is 5. The van der Waals surface area contributed by atoms with Gasteiger partial charge in [0.15, 0.2) is 0 Å². The summed E-state index contributed by atoms with van der Waals surface area (Å²) >= 11 is 12.8. The standard InChI is InChI=1S/C34H37Cl2F3N6O2/c35-27-11-10-26(22-28(27)36)33(13-15-43(23-33)31(46)25-6-2-1-3-7-25)12-14-42-16-18-44(19-17-42)41-32-40-29-8-4-5-9-30(29)45(32)20-21-47-24-34(37,38)39/h1-11,22H,12-21,23-24H2,(H,40,41). The molecule has 8 nitrogen and oxygen atoms in total. The first-order chi connectivity index (χ1) is 22.6. The zero-order chi connectivity index (χ0) is 33.0. The second-order valence-corrected chi connectivity index (χ2v) is 13.0. The number of imidazole rings is 1. The number of anilines is 1. The highest BCUT2D eigenvalue weighted by atomic mass is 35.5. The summed E-state index contributed by atoms with van der Waals surface area (Å²) in [5.41, 5.74) is 6.50. The van der Waals surface area contributed by atoms with Crippen LogP contribution < -0.4 is 5.43 Å². The van der Waals surface area contributed by atoms with Crippen LogP contribution in [0.2, 0.25) is 10.0 Å². The van der Waals surface area contributed by atoms with Crippen molar-refractivity contribution in [3.63, 3.8) is 0 Å². The third-order valence-electron chi connectivity index (χ3n) is 9.11. The molecule has 0 bridgehead atoms. The van der Waals surface area contributed by atoms with E-state index in [2.05, 4.69) is 15.3 Å². The van der Waals surface area contributed by atoms with Gasteiger partial charge in [-0.3, -0.25) is 10.2 Å². The van der Waals surface area contributed by atoms with Gasteiger partial charge in [-0.1, -0.05) is 59.6 Å². The monoisotopic (exact) mass is 688 g/mol. The van der Waals surface area contributed by atoms with Gasteiger partial charge in [0.2, 0.25) is 5.95 Å². The van der Waals surface area contributed by atoms with E-state index < -0.39 is 12.8 Å². The number of nitrogens with one attached hydrogen (secondary N) is 1. The Hall–Kier alpha value is -3.35. The van der Waals surface area contributed by atoms with E-state index in [4.69, 9.17) is 32.9 Å². The molecule has 2 fully saturated rings. The minimum atomic E-state index is -4.37. The Morgan fingerprint density at radius 2 is 1.66 bits per heavy atom. The number of rotatable bonds is 11. The average molecular weight is 690 g/mol. The first-order valence-electron chi connectivity index (χ1n) is 15.7. The fourth-order valence-corrected chi connectivity index (χ4v) is 6.84. The van der Waals surface area contributed by atoms with E-state index >= 15 is 0 Å². The summed E-state index contributed by atoms with van der Waals surface area (Å²) in [4.78, 5) is 22.4. The molecule has 47 heavy (non-hydrogen) atoms. The lowest BCUT2D eigenvalue weighted by Gasteiger charge is -2.37. The Bertz CT molecular complexity index is 1680. The first kappa shape index (κ1) is 33.5. The lowest BCUT2D eigenvalue weighted by atomic mass is 9.76. The number of ether oxygens (including phenoxy) is 1. The Morgan fingerprint density at radius 1 is 0.915 bits per heavy atom. The van der Waals surface area contributed by atoms with Gasteiger partial charge in [-0.2, -0.15) is 13.2 Å². The van der Waals surface area contributed by atoms with Crippen LogP contribution in [-0.4, -0.2) is 95.5 Å². The van der Waals surface area contributed by atoms with Crippen LogP contribution in [0.4, 0.5) is 19.1 Å². The van der Waals surface area contributed by atoms with Gasteiger partial charge in [-0.15, -0.1) is 0 Å². The van der Waals surface area contributed by atoms with Crippen molar-refractivity contribution in [1.29, 1.82) is 0 Å². The summed E-state index contributed by atoms with van der Waals surface area (Å²) in [6.45, 7) is 4.05. The van der Waals surface area contributed by atoms with E-state index in [9.17, 15) is 18.0 Å². The number of hydrogen-bond donors (Lipinski definition) is 1. The number of benzene rings is 3. The summed E-state index contributed by atoms with van der Waals surface area (Å²) < 4.78 is 44.5. The van der Waals surface area contributed by atoms with E-state index in [-0.39, 0.29) is 24.5 Å². The lowest BCUT2D eigenvalue weighted by Crippen LogP contribution is -2.50. The quantitative estimate of drug-likeness (QED) is 0.176. The molecule has 2 aliphatic rings. The summed E-state index contributed by atoms with van der Waals surface area (Å²) in [7, 11) is 0. The molecule has 1 N–H and O–H groups in total. The highest BCUT2D eigenvalue weighted by molar-refractivity contribution is 6.42. The van der Waals surface area contributed by atoms with Crippen molar-refractivity contribution in [2.75, 3.05) is 64.5 Å². The molecule has 2 aliphatic heterocycles. The molecule has 2 saturated heterocycles. The molecule has 1 aromatic heterocycles. The molecule has 1 amide bonds. The van der Waals surface area contributed by atoms with Crippen molar-refractivity contribution in [3.05, 3.63) is 94.0 Å². The van der Waals surface area contributed by atoms with E-state index in [1.807, 2.05) is 82.3 Å². The smallest absolute Gasteiger partial charge is 0.370 e. The normalized spacial score (nSPS) is 19.5. The maximum atomic E-state index is 13.4. The van der Waals surface area contributed by atoms with Crippen molar-refractivity contribution < 1.29 is 22.7 Å². The number of carbonyl (C=O) groups excluding carboxylic acids is 1. The number of alkyl halides is 3. The number of halogens is 5. The van der Waals surface area contributed by atoms with Gasteiger partial charge in [0, 0.05) is 56.8 Å². The average Bonchev–Trinajstić information content (AvgIpc) is 3.66. The van der Waals surface area contributed by atoms with Crippen LogP contribution in [0.3, 0.4) is 0 Å². The molecule has 4 aromatic rings. The number of carbonyl (C=O) groups is 1. The van der Waals surface area contributed by atoms with Crippen molar-refractivity contribution in [2.45, 2.75) is 31.0 Å². The zero-order valence-electron chi connectivity index (χ0n) is 25.9.